The van der Waals surface area contributed by atoms with Crippen LogP contribution < -0.4 is 5.32 Å². The number of nitrogens with one attached hydrogen (secondary N) is 1. The standard InChI is InChI=1S/C12H17ClN2O/c1-4-12(2,3)8-15-11(16)9-5-6-14-10(13)7-9/h5-7H,4,8H2,1-3H3,(H,15,16). The summed E-state index contributed by atoms with van der Waals surface area (Å²) in [5, 5.41) is 3.23. The molecular weight excluding hydrogens is 224 g/mol. The predicted octanol–water partition coefficient (Wildman–Crippen LogP) is 2.90. The van der Waals surface area contributed by atoms with Gasteiger partial charge in [-0.15, -0.1) is 0 Å². The quantitative estimate of drug-likeness (QED) is 0.823. The van der Waals surface area contributed by atoms with E-state index in [-0.39, 0.29) is 11.3 Å². The van der Waals surface area contributed by atoms with Gasteiger partial charge in [0.25, 0.3) is 5.91 Å². The molecule has 0 radical (unpaired) electrons. The second kappa shape index (κ2) is 5.30. The first-order valence-corrected chi connectivity index (χ1v) is 5.72. The minimum absolute atomic E-state index is 0.106. The summed E-state index contributed by atoms with van der Waals surface area (Å²) in [6.07, 6.45) is 2.55. The zero-order valence-corrected chi connectivity index (χ0v) is 10.6. The molecule has 1 N–H and O–H groups in total. The molecule has 0 fully saturated rings. The normalized spacial score (nSPS) is 11.2. The predicted molar refractivity (Wildman–Crippen MR) is 65.7 cm³/mol. The maximum Gasteiger partial charge on any atom is 0.251 e. The molecule has 1 rings (SSSR count). The van der Waals surface area contributed by atoms with Crippen LogP contribution in [0, 0.1) is 5.41 Å². The minimum Gasteiger partial charge on any atom is -0.352 e. The Bertz CT molecular complexity index is 377. The summed E-state index contributed by atoms with van der Waals surface area (Å²) in [5.41, 5.74) is 0.666. The summed E-state index contributed by atoms with van der Waals surface area (Å²) in [6, 6.07) is 3.22. The van der Waals surface area contributed by atoms with E-state index in [0.717, 1.165) is 6.42 Å². The molecule has 1 heterocycles. The van der Waals surface area contributed by atoms with Gasteiger partial charge in [-0.05, 0) is 24.0 Å². The first-order valence-electron chi connectivity index (χ1n) is 5.34. The summed E-state index contributed by atoms with van der Waals surface area (Å²) in [4.78, 5) is 15.6. The Kier molecular flexibility index (Phi) is 4.30. The third-order valence-electron chi connectivity index (χ3n) is 2.67. The molecule has 1 aromatic heterocycles. The van der Waals surface area contributed by atoms with Gasteiger partial charge in [-0.2, -0.15) is 0 Å². The zero-order chi connectivity index (χ0) is 12.2. The van der Waals surface area contributed by atoms with E-state index in [2.05, 4.69) is 31.1 Å². The fourth-order valence-electron chi connectivity index (χ4n) is 1.09. The molecule has 0 aliphatic rings. The van der Waals surface area contributed by atoms with Crippen LogP contribution in [0.25, 0.3) is 0 Å². The number of hydrogen-bond donors (Lipinski definition) is 1. The van der Waals surface area contributed by atoms with Crippen LogP contribution in [0.3, 0.4) is 0 Å². The third kappa shape index (κ3) is 3.81. The molecule has 1 aromatic rings. The van der Waals surface area contributed by atoms with Crippen molar-refractivity contribution in [2.24, 2.45) is 5.41 Å². The lowest BCUT2D eigenvalue weighted by atomic mass is 9.90. The Balaban J connectivity index is 2.60. The van der Waals surface area contributed by atoms with Gasteiger partial charge in [-0.25, -0.2) is 4.98 Å². The van der Waals surface area contributed by atoms with Gasteiger partial charge in [0.05, 0.1) is 0 Å². The van der Waals surface area contributed by atoms with E-state index in [1.54, 1.807) is 12.1 Å². The first kappa shape index (κ1) is 13.0. The SMILES string of the molecule is CCC(C)(C)CNC(=O)c1ccnc(Cl)c1. The highest BCUT2D eigenvalue weighted by Crippen LogP contribution is 2.18. The van der Waals surface area contributed by atoms with Crippen LogP contribution >= 0.6 is 11.6 Å². The molecule has 0 aromatic carbocycles. The van der Waals surface area contributed by atoms with E-state index >= 15 is 0 Å². The summed E-state index contributed by atoms with van der Waals surface area (Å²) < 4.78 is 0. The fraction of sp³-hybridized carbons (Fsp3) is 0.500. The topological polar surface area (TPSA) is 42.0 Å². The van der Waals surface area contributed by atoms with Crippen LogP contribution in [0.1, 0.15) is 37.6 Å². The van der Waals surface area contributed by atoms with Crippen LogP contribution in [-0.4, -0.2) is 17.4 Å². The highest BCUT2D eigenvalue weighted by Gasteiger charge is 2.16. The highest BCUT2D eigenvalue weighted by atomic mass is 35.5. The van der Waals surface area contributed by atoms with Gasteiger partial charge in [-0.3, -0.25) is 4.79 Å². The number of carbonyl (C=O) groups is 1. The van der Waals surface area contributed by atoms with Crippen molar-refractivity contribution in [2.75, 3.05) is 6.54 Å². The molecule has 0 saturated carbocycles. The molecule has 16 heavy (non-hydrogen) atoms. The second-order valence-electron chi connectivity index (χ2n) is 4.57. The number of amides is 1. The molecule has 0 saturated heterocycles. The Labute approximate surface area is 101 Å². The number of aromatic nitrogens is 1. The zero-order valence-electron chi connectivity index (χ0n) is 9.88. The van der Waals surface area contributed by atoms with Gasteiger partial charge < -0.3 is 5.32 Å². The van der Waals surface area contributed by atoms with E-state index in [1.807, 2.05) is 0 Å². The molecule has 1 amide bonds. The van der Waals surface area contributed by atoms with E-state index < -0.39 is 0 Å². The van der Waals surface area contributed by atoms with Crippen LogP contribution in [-0.2, 0) is 0 Å². The smallest absolute Gasteiger partial charge is 0.251 e. The van der Waals surface area contributed by atoms with Crippen molar-refractivity contribution in [3.8, 4) is 0 Å². The van der Waals surface area contributed by atoms with Gasteiger partial charge in [0, 0.05) is 18.3 Å². The molecule has 0 unspecified atom stereocenters. The number of hydrogen-bond acceptors (Lipinski definition) is 2. The average Bonchev–Trinajstić information content (AvgIpc) is 2.26. The van der Waals surface area contributed by atoms with Crippen LogP contribution in [0.15, 0.2) is 18.3 Å². The van der Waals surface area contributed by atoms with E-state index in [9.17, 15) is 4.79 Å². The molecule has 0 aliphatic heterocycles. The van der Waals surface area contributed by atoms with Crippen molar-refractivity contribution in [1.82, 2.24) is 10.3 Å². The Morgan fingerprint density at radius 2 is 2.25 bits per heavy atom. The molecule has 0 atom stereocenters. The van der Waals surface area contributed by atoms with Crippen LogP contribution in [0.2, 0.25) is 5.15 Å². The summed E-state index contributed by atoms with van der Waals surface area (Å²) >= 11 is 5.72. The molecule has 0 bridgehead atoms. The monoisotopic (exact) mass is 240 g/mol. The van der Waals surface area contributed by atoms with Gasteiger partial charge in [0.15, 0.2) is 0 Å². The average molecular weight is 241 g/mol. The maximum atomic E-state index is 11.8. The lowest BCUT2D eigenvalue weighted by Crippen LogP contribution is -2.33. The van der Waals surface area contributed by atoms with Gasteiger partial charge in [0.1, 0.15) is 5.15 Å². The molecule has 4 heteroatoms. The highest BCUT2D eigenvalue weighted by molar-refractivity contribution is 6.29. The minimum atomic E-state index is -0.106. The van der Waals surface area contributed by atoms with Gasteiger partial charge in [-0.1, -0.05) is 32.4 Å². The summed E-state index contributed by atoms with van der Waals surface area (Å²) in [7, 11) is 0. The second-order valence-corrected chi connectivity index (χ2v) is 4.95. The van der Waals surface area contributed by atoms with E-state index in [4.69, 9.17) is 11.6 Å². The summed E-state index contributed by atoms with van der Waals surface area (Å²) in [5.74, 6) is -0.106. The number of halogens is 1. The number of pyridine rings is 1. The van der Waals surface area contributed by atoms with Crippen molar-refractivity contribution in [2.45, 2.75) is 27.2 Å². The molecule has 3 nitrogen and oxygen atoms in total. The van der Waals surface area contributed by atoms with Gasteiger partial charge >= 0.3 is 0 Å². The lowest BCUT2D eigenvalue weighted by Gasteiger charge is -2.22. The van der Waals surface area contributed by atoms with E-state index in [1.165, 1.54) is 6.20 Å². The van der Waals surface area contributed by atoms with E-state index in [0.29, 0.717) is 17.3 Å². The van der Waals surface area contributed by atoms with Crippen molar-refractivity contribution < 1.29 is 4.79 Å². The third-order valence-corrected chi connectivity index (χ3v) is 2.88. The van der Waals surface area contributed by atoms with Crippen molar-refractivity contribution in [3.63, 3.8) is 0 Å². The first-order chi connectivity index (χ1) is 7.44. The van der Waals surface area contributed by atoms with Crippen LogP contribution in [0.4, 0.5) is 0 Å². The Morgan fingerprint density at radius 1 is 1.56 bits per heavy atom. The maximum absolute atomic E-state index is 11.8. The number of carbonyl (C=O) groups excluding carboxylic acids is 1. The van der Waals surface area contributed by atoms with Crippen molar-refractivity contribution in [1.29, 1.82) is 0 Å². The molecule has 88 valence electrons. The summed E-state index contributed by atoms with van der Waals surface area (Å²) in [6.45, 7) is 7.00. The Morgan fingerprint density at radius 3 is 2.81 bits per heavy atom. The van der Waals surface area contributed by atoms with Gasteiger partial charge in [0.2, 0.25) is 0 Å². The molecule has 0 spiro atoms. The van der Waals surface area contributed by atoms with Crippen molar-refractivity contribution >= 4 is 17.5 Å². The molecule has 0 aliphatic carbocycles. The fourth-order valence-corrected chi connectivity index (χ4v) is 1.26. The lowest BCUT2D eigenvalue weighted by molar-refractivity contribution is 0.0935. The van der Waals surface area contributed by atoms with Crippen LogP contribution in [0.5, 0.6) is 0 Å². The largest absolute Gasteiger partial charge is 0.352 e. The number of rotatable bonds is 4. The molecular formula is C12H17ClN2O. The Hall–Kier alpha value is -1.09. The van der Waals surface area contributed by atoms with Crippen molar-refractivity contribution in [3.05, 3.63) is 29.0 Å². The number of nitrogens with zero attached hydrogens (tertiary/aromatic N) is 1.